The highest BCUT2D eigenvalue weighted by atomic mass is 16.4. The van der Waals surface area contributed by atoms with E-state index in [1.807, 2.05) is 0 Å². The Balaban J connectivity index is 2.42. The molecule has 1 amide bonds. The van der Waals surface area contributed by atoms with E-state index in [0.29, 0.717) is 12.2 Å². The van der Waals surface area contributed by atoms with Crippen molar-refractivity contribution in [1.82, 2.24) is 15.2 Å². The second kappa shape index (κ2) is 5.95. The molecule has 92 valence electrons. The van der Waals surface area contributed by atoms with Crippen LogP contribution in [-0.2, 0) is 11.3 Å². The third-order valence-corrected chi connectivity index (χ3v) is 2.15. The summed E-state index contributed by atoms with van der Waals surface area (Å²) in [5.41, 5.74) is 0.847. The van der Waals surface area contributed by atoms with E-state index in [0.717, 1.165) is 0 Å². The number of amides is 1. The second-order valence-corrected chi connectivity index (χ2v) is 3.74. The predicted octanol–water partition coefficient (Wildman–Crippen LogP) is -0.0424. The summed E-state index contributed by atoms with van der Waals surface area (Å²) in [5, 5.41) is 11.6. The van der Waals surface area contributed by atoms with Gasteiger partial charge in [-0.15, -0.1) is 0 Å². The molecule has 0 aliphatic carbocycles. The fraction of sp³-hybridized carbons (Fsp3) is 0.364. The number of carbonyl (C=O) groups excluding carboxylic acids is 1. The first-order valence-corrected chi connectivity index (χ1v) is 5.10. The van der Waals surface area contributed by atoms with Gasteiger partial charge in [-0.2, -0.15) is 0 Å². The van der Waals surface area contributed by atoms with Crippen molar-refractivity contribution in [3.05, 3.63) is 29.6 Å². The molecule has 0 aliphatic rings. The third-order valence-electron chi connectivity index (χ3n) is 2.15. The van der Waals surface area contributed by atoms with Gasteiger partial charge >= 0.3 is 5.97 Å². The van der Waals surface area contributed by atoms with Gasteiger partial charge in [0.15, 0.2) is 0 Å². The van der Waals surface area contributed by atoms with E-state index in [9.17, 15) is 9.59 Å². The number of hydrogen-bond acceptors (Lipinski definition) is 4. The minimum atomic E-state index is -1.00. The number of carboxylic acid groups (broad SMARTS) is 1. The molecule has 0 unspecified atom stereocenters. The van der Waals surface area contributed by atoms with Gasteiger partial charge < -0.3 is 15.3 Å². The summed E-state index contributed by atoms with van der Waals surface area (Å²) in [6.07, 6.45) is 1.30. The molecule has 6 heteroatoms. The highest BCUT2D eigenvalue weighted by Gasteiger charge is 2.05. The maximum atomic E-state index is 11.2. The fourth-order valence-corrected chi connectivity index (χ4v) is 1.11. The van der Waals surface area contributed by atoms with Crippen LogP contribution in [0.5, 0.6) is 0 Å². The molecule has 1 heterocycles. The zero-order chi connectivity index (χ0) is 12.8. The van der Waals surface area contributed by atoms with Crippen molar-refractivity contribution < 1.29 is 14.7 Å². The maximum Gasteiger partial charge on any atom is 0.337 e. The van der Waals surface area contributed by atoms with Crippen LogP contribution in [-0.4, -0.2) is 47.5 Å². The normalized spacial score (nSPS) is 10.0. The van der Waals surface area contributed by atoms with Gasteiger partial charge in [0, 0.05) is 26.8 Å². The Labute approximate surface area is 99.3 Å². The molecule has 0 fully saturated rings. The van der Waals surface area contributed by atoms with E-state index in [2.05, 4.69) is 10.3 Å². The lowest BCUT2D eigenvalue weighted by atomic mass is 10.2. The van der Waals surface area contributed by atoms with Gasteiger partial charge in [0.05, 0.1) is 17.8 Å². The van der Waals surface area contributed by atoms with Crippen molar-refractivity contribution in [3.63, 3.8) is 0 Å². The number of nitrogens with zero attached hydrogens (tertiary/aromatic N) is 2. The van der Waals surface area contributed by atoms with E-state index in [1.54, 1.807) is 20.2 Å². The van der Waals surface area contributed by atoms with Gasteiger partial charge in [-0.1, -0.05) is 0 Å². The molecule has 0 bridgehead atoms. The molecule has 0 saturated heterocycles. The molecule has 0 aromatic carbocycles. The van der Waals surface area contributed by atoms with E-state index in [4.69, 9.17) is 5.11 Å². The summed E-state index contributed by atoms with van der Waals surface area (Å²) >= 11 is 0. The van der Waals surface area contributed by atoms with Crippen LogP contribution in [0.2, 0.25) is 0 Å². The number of carboxylic acids is 1. The number of carbonyl (C=O) groups is 2. The number of nitrogens with one attached hydrogen (secondary N) is 1. The minimum Gasteiger partial charge on any atom is -0.478 e. The number of aromatic nitrogens is 1. The molecule has 1 rings (SSSR count). The first-order valence-electron chi connectivity index (χ1n) is 5.10. The highest BCUT2D eigenvalue weighted by molar-refractivity contribution is 5.87. The molecule has 6 nitrogen and oxygen atoms in total. The Morgan fingerprint density at radius 2 is 2.12 bits per heavy atom. The fourth-order valence-electron chi connectivity index (χ4n) is 1.11. The molecule has 17 heavy (non-hydrogen) atoms. The number of aromatic carboxylic acids is 1. The average molecular weight is 237 g/mol. The molecule has 0 atom stereocenters. The largest absolute Gasteiger partial charge is 0.478 e. The lowest BCUT2D eigenvalue weighted by Crippen LogP contribution is -2.32. The van der Waals surface area contributed by atoms with Crippen LogP contribution in [0.15, 0.2) is 18.3 Å². The Morgan fingerprint density at radius 1 is 1.41 bits per heavy atom. The SMILES string of the molecule is CN(C)C(=O)CNCc1ccc(C(=O)O)cn1. The molecule has 0 aliphatic heterocycles. The van der Waals surface area contributed by atoms with Gasteiger partial charge in [0.2, 0.25) is 5.91 Å². The number of likely N-dealkylation sites (N-methyl/N-ethyl adjacent to an activating group) is 1. The monoisotopic (exact) mass is 237 g/mol. The van der Waals surface area contributed by atoms with Crippen LogP contribution in [0.3, 0.4) is 0 Å². The molecule has 1 aromatic heterocycles. The molecular weight excluding hydrogens is 222 g/mol. The van der Waals surface area contributed by atoms with Crippen molar-refractivity contribution >= 4 is 11.9 Å². The zero-order valence-electron chi connectivity index (χ0n) is 9.80. The quantitative estimate of drug-likeness (QED) is 0.750. The van der Waals surface area contributed by atoms with Gasteiger partial charge in [-0.25, -0.2) is 4.79 Å². The van der Waals surface area contributed by atoms with Crippen molar-refractivity contribution in [3.8, 4) is 0 Å². The summed E-state index contributed by atoms with van der Waals surface area (Å²) in [4.78, 5) is 27.3. The van der Waals surface area contributed by atoms with E-state index in [1.165, 1.54) is 17.2 Å². The Morgan fingerprint density at radius 3 is 2.59 bits per heavy atom. The van der Waals surface area contributed by atoms with Gasteiger partial charge in [0.25, 0.3) is 0 Å². The number of pyridine rings is 1. The molecule has 1 aromatic rings. The van der Waals surface area contributed by atoms with E-state index in [-0.39, 0.29) is 18.0 Å². The third kappa shape index (κ3) is 4.20. The number of rotatable bonds is 5. The molecule has 0 radical (unpaired) electrons. The maximum absolute atomic E-state index is 11.2. The molecular formula is C11H15N3O3. The van der Waals surface area contributed by atoms with Gasteiger partial charge in [0.1, 0.15) is 0 Å². The van der Waals surface area contributed by atoms with E-state index >= 15 is 0 Å². The summed E-state index contributed by atoms with van der Waals surface area (Å²) in [7, 11) is 3.37. The van der Waals surface area contributed by atoms with Crippen molar-refractivity contribution in [2.75, 3.05) is 20.6 Å². The van der Waals surface area contributed by atoms with Crippen LogP contribution >= 0.6 is 0 Å². The van der Waals surface area contributed by atoms with Gasteiger partial charge in [-0.3, -0.25) is 9.78 Å². The molecule has 2 N–H and O–H groups in total. The molecule has 0 saturated carbocycles. The average Bonchev–Trinajstić information content (AvgIpc) is 2.29. The van der Waals surface area contributed by atoms with Crippen LogP contribution in [0.1, 0.15) is 16.1 Å². The van der Waals surface area contributed by atoms with Crippen LogP contribution < -0.4 is 5.32 Å². The summed E-state index contributed by atoms with van der Waals surface area (Å²) in [6, 6.07) is 3.11. The Hall–Kier alpha value is -1.95. The lowest BCUT2D eigenvalue weighted by molar-refractivity contribution is -0.127. The van der Waals surface area contributed by atoms with Crippen molar-refractivity contribution in [1.29, 1.82) is 0 Å². The van der Waals surface area contributed by atoms with Crippen LogP contribution in [0, 0.1) is 0 Å². The molecule has 0 spiro atoms. The summed E-state index contributed by atoms with van der Waals surface area (Å²) < 4.78 is 0. The summed E-state index contributed by atoms with van der Waals surface area (Å²) in [5.74, 6) is -1.02. The second-order valence-electron chi connectivity index (χ2n) is 3.74. The van der Waals surface area contributed by atoms with Crippen LogP contribution in [0.25, 0.3) is 0 Å². The minimum absolute atomic E-state index is 0.0212. The van der Waals surface area contributed by atoms with E-state index < -0.39 is 5.97 Å². The first-order chi connectivity index (χ1) is 8.00. The summed E-state index contributed by atoms with van der Waals surface area (Å²) in [6.45, 7) is 0.662. The number of hydrogen-bond donors (Lipinski definition) is 2. The first kappa shape index (κ1) is 13.1. The Bertz CT molecular complexity index is 401. The smallest absolute Gasteiger partial charge is 0.337 e. The zero-order valence-corrected chi connectivity index (χ0v) is 9.80. The van der Waals surface area contributed by atoms with Crippen molar-refractivity contribution in [2.24, 2.45) is 0 Å². The Kier molecular flexibility index (Phi) is 4.59. The van der Waals surface area contributed by atoms with Gasteiger partial charge in [-0.05, 0) is 12.1 Å². The topological polar surface area (TPSA) is 82.5 Å². The highest BCUT2D eigenvalue weighted by Crippen LogP contribution is 1.99. The standard InChI is InChI=1S/C11H15N3O3/c1-14(2)10(15)7-12-6-9-4-3-8(5-13-9)11(16)17/h3-5,12H,6-7H2,1-2H3,(H,16,17). The van der Waals surface area contributed by atoms with Crippen LogP contribution in [0.4, 0.5) is 0 Å². The van der Waals surface area contributed by atoms with Crippen molar-refractivity contribution in [2.45, 2.75) is 6.54 Å². The lowest BCUT2D eigenvalue weighted by Gasteiger charge is -2.10. The predicted molar refractivity (Wildman–Crippen MR) is 61.6 cm³/mol.